The second kappa shape index (κ2) is 14.9. The van der Waals surface area contributed by atoms with E-state index in [9.17, 15) is 110 Å². The molecule has 0 bridgehead atoms. The van der Waals surface area contributed by atoms with Gasteiger partial charge in [0.25, 0.3) is 0 Å². The summed E-state index contributed by atoms with van der Waals surface area (Å²) in [6, 6.07) is -2.90. The molecule has 0 aromatic heterocycles. The Morgan fingerprint density at radius 2 is 0.615 bits per heavy atom. The van der Waals surface area contributed by atoms with Crippen LogP contribution in [-0.2, 0) is 8.85 Å². The van der Waals surface area contributed by atoms with Crippen LogP contribution in [0.5, 0.6) is 0 Å². The van der Waals surface area contributed by atoms with E-state index in [4.69, 9.17) is 8.85 Å². The van der Waals surface area contributed by atoms with Crippen LogP contribution in [0.3, 0.4) is 0 Å². The minimum absolute atomic E-state index is 0.779. The van der Waals surface area contributed by atoms with E-state index in [2.05, 4.69) is 0 Å². The van der Waals surface area contributed by atoms with E-state index >= 15 is 0 Å². The predicted molar refractivity (Wildman–Crippen MR) is 129 cm³/mol. The van der Waals surface area contributed by atoms with Gasteiger partial charge in [-0.05, 0) is 39.0 Å². The second-order valence-electron chi connectivity index (χ2n) is 11.4. The van der Waals surface area contributed by atoms with Gasteiger partial charge in [0.2, 0.25) is 18.1 Å². The zero-order valence-corrected chi connectivity index (χ0v) is 28.2. The first-order valence-electron chi connectivity index (χ1n) is 13.5. The Bertz CT molecular complexity index is 1090. The molecule has 0 saturated heterocycles. The number of rotatable bonds is 20. The maximum atomic E-state index is 14.1. The standard InChI is InChI=1S/C23H25F25O2Si2/c1-10(49-51(4)8-6-13(26,27)16(32,33)19(38,39)18(36,37)15(30,31)12(3,24)25)11(2)50-52(5)9-7-14(28,29)17(34,35)20(40,41)21(42,43)22(44,45)23(46,47)48/h10-11H,6-9H2,1-5H3/t10-,11+/m1/s1. The molecule has 0 aromatic rings. The van der Waals surface area contributed by atoms with Crippen molar-refractivity contribution in [3.05, 3.63) is 0 Å². The average Bonchev–Trinajstić information content (AvgIpc) is 2.92. The highest BCUT2D eigenvalue weighted by Crippen LogP contribution is 2.62. The lowest BCUT2D eigenvalue weighted by Gasteiger charge is -2.40. The molecule has 52 heavy (non-hydrogen) atoms. The third-order valence-corrected chi connectivity index (χ3v) is 10.7. The monoisotopic (exact) mass is 864 g/mol. The van der Waals surface area contributed by atoms with E-state index in [1.54, 1.807) is 0 Å². The van der Waals surface area contributed by atoms with Crippen molar-refractivity contribution < 1.29 is 119 Å². The highest BCUT2D eigenvalue weighted by atomic mass is 28.3. The minimum Gasteiger partial charge on any atom is -0.412 e. The van der Waals surface area contributed by atoms with Gasteiger partial charge >= 0.3 is 71.3 Å². The number of alkyl halides is 25. The summed E-state index contributed by atoms with van der Waals surface area (Å²) in [5.41, 5.74) is 0. The van der Waals surface area contributed by atoms with Crippen molar-refractivity contribution in [2.75, 3.05) is 0 Å². The van der Waals surface area contributed by atoms with Crippen molar-refractivity contribution in [3.8, 4) is 0 Å². The molecule has 312 valence electrons. The summed E-state index contributed by atoms with van der Waals surface area (Å²) in [5.74, 6) is -80.7. The van der Waals surface area contributed by atoms with Gasteiger partial charge in [-0.15, -0.1) is 0 Å². The van der Waals surface area contributed by atoms with Gasteiger partial charge in [0.15, 0.2) is 0 Å². The van der Waals surface area contributed by atoms with E-state index in [-0.39, 0.29) is 0 Å². The molecule has 2 radical (unpaired) electrons. The van der Waals surface area contributed by atoms with Crippen LogP contribution in [0.2, 0.25) is 25.2 Å². The van der Waals surface area contributed by atoms with Crippen LogP contribution in [0.25, 0.3) is 0 Å². The lowest BCUT2D eigenvalue weighted by molar-refractivity contribution is -0.439. The lowest BCUT2D eigenvalue weighted by atomic mass is 9.91. The highest BCUT2D eigenvalue weighted by Gasteiger charge is 2.91. The third-order valence-electron chi connectivity index (χ3n) is 7.21. The fourth-order valence-electron chi connectivity index (χ4n) is 3.63. The van der Waals surface area contributed by atoms with Crippen LogP contribution in [0.4, 0.5) is 110 Å². The van der Waals surface area contributed by atoms with Gasteiger partial charge in [0.05, 0.1) is 12.2 Å². The van der Waals surface area contributed by atoms with Crippen LogP contribution < -0.4 is 0 Å². The average molecular weight is 865 g/mol. The zero-order chi connectivity index (χ0) is 42.6. The molecule has 0 aliphatic carbocycles. The summed E-state index contributed by atoms with van der Waals surface area (Å²) in [7, 11) is -6.03. The van der Waals surface area contributed by atoms with Crippen molar-refractivity contribution in [2.24, 2.45) is 0 Å². The molecule has 2 nitrogen and oxygen atoms in total. The summed E-state index contributed by atoms with van der Waals surface area (Å²) < 4.78 is 346. The van der Waals surface area contributed by atoms with Gasteiger partial charge in [-0.3, -0.25) is 0 Å². The Hall–Kier alpha value is -1.40. The number of halogens is 25. The van der Waals surface area contributed by atoms with E-state index in [0.29, 0.717) is 0 Å². The molecule has 0 amide bonds. The van der Waals surface area contributed by atoms with E-state index < -0.39 is 133 Å². The van der Waals surface area contributed by atoms with Crippen molar-refractivity contribution in [2.45, 2.75) is 142 Å². The summed E-state index contributed by atoms with van der Waals surface area (Å²) in [6.07, 6.45) is -15.8. The summed E-state index contributed by atoms with van der Waals surface area (Å²) in [6.45, 7) is 2.35. The smallest absolute Gasteiger partial charge is 0.412 e. The fraction of sp³-hybridized carbons (Fsp3) is 1.00. The van der Waals surface area contributed by atoms with Gasteiger partial charge in [0.1, 0.15) is 0 Å². The molecular formula is C23H25F25O2Si2. The van der Waals surface area contributed by atoms with E-state index in [0.717, 1.165) is 26.9 Å². The maximum absolute atomic E-state index is 14.1. The molecule has 0 rings (SSSR count). The van der Waals surface area contributed by atoms with Gasteiger partial charge in [0, 0.05) is 19.8 Å². The first-order valence-corrected chi connectivity index (χ1v) is 17.7. The molecule has 0 aliphatic rings. The van der Waals surface area contributed by atoms with E-state index in [1.165, 1.54) is 0 Å². The minimum atomic E-state index is -8.12. The SMILES string of the molecule is C[C@H](O[Si](C)CCC(F)(F)C(F)(F)C(F)(F)C(F)(F)C(F)(F)C(F)(F)F)[C@@H](C)O[Si](C)CCC(F)(F)C(F)(F)C(F)(F)C(F)(F)C(F)(F)C(C)(F)F. The lowest BCUT2D eigenvalue weighted by Crippen LogP contribution is -2.70. The van der Waals surface area contributed by atoms with Crippen molar-refractivity contribution in [1.29, 1.82) is 0 Å². The molecule has 29 heteroatoms. The first-order chi connectivity index (χ1) is 22.3. The Kier molecular flexibility index (Phi) is 14.5. The van der Waals surface area contributed by atoms with Crippen LogP contribution >= 0.6 is 0 Å². The first kappa shape index (κ1) is 50.6. The maximum Gasteiger partial charge on any atom is 0.460 e. The molecule has 0 saturated carbocycles. The Morgan fingerprint density at radius 3 is 0.846 bits per heavy atom. The van der Waals surface area contributed by atoms with Gasteiger partial charge < -0.3 is 8.85 Å². The van der Waals surface area contributed by atoms with Crippen LogP contribution in [0.1, 0.15) is 33.6 Å². The molecule has 0 heterocycles. The van der Waals surface area contributed by atoms with E-state index in [1.807, 2.05) is 0 Å². The molecule has 0 aliphatic heterocycles. The fourth-order valence-corrected chi connectivity index (χ4v) is 6.85. The van der Waals surface area contributed by atoms with Crippen LogP contribution in [0.15, 0.2) is 0 Å². The van der Waals surface area contributed by atoms with Crippen LogP contribution in [-0.4, -0.2) is 102 Å². The van der Waals surface area contributed by atoms with Crippen molar-refractivity contribution in [1.82, 2.24) is 0 Å². The van der Waals surface area contributed by atoms with Gasteiger partial charge in [-0.25, -0.2) is 0 Å². The molecule has 2 atom stereocenters. The van der Waals surface area contributed by atoms with Crippen LogP contribution in [0, 0.1) is 0 Å². The molecule has 0 spiro atoms. The summed E-state index contributed by atoms with van der Waals surface area (Å²) in [4.78, 5) is 0. The zero-order valence-electron chi connectivity index (χ0n) is 26.2. The second-order valence-corrected chi connectivity index (χ2v) is 15.7. The summed E-state index contributed by atoms with van der Waals surface area (Å²) >= 11 is 0. The molecular weight excluding hydrogens is 839 g/mol. The Balaban J connectivity index is 5.62. The quantitative estimate of drug-likeness (QED) is 0.0897. The highest BCUT2D eigenvalue weighted by molar-refractivity contribution is 6.50. The molecule has 0 unspecified atom stereocenters. The third kappa shape index (κ3) is 8.69. The Morgan fingerprint density at radius 1 is 0.385 bits per heavy atom. The van der Waals surface area contributed by atoms with Crippen molar-refractivity contribution >= 4 is 18.1 Å². The molecule has 0 fully saturated rings. The molecule has 0 aromatic carbocycles. The number of hydrogen-bond donors (Lipinski definition) is 0. The number of hydrogen-bond acceptors (Lipinski definition) is 2. The Labute approximate surface area is 279 Å². The summed E-state index contributed by atoms with van der Waals surface area (Å²) in [5, 5.41) is 0. The van der Waals surface area contributed by atoms with Crippen molar-refractivity contribution in [3.63, 3.8) is 0 Å². The topological polar surface area (TPSA) is 18.5 Å². The molecule has 0 N–H and O–H groups in total. The normalized spacial score (nSPS) is 17.3. The largest absolute Gasteiger partial charge is 0.460 e. The van der Waals surface area contributed by atoms with Gasteiger partial charge in [-0.2, -0.15) is 110 Å². The van der Waals surface area contributed by atoms with Gasteiger partial charge in [-0.1, -0.05) is 0 Å². The predicted octanol–water partition coefficient (Wildman–Crippen LogP) is 11.4.